The minimum absolute atomic E-state index is 0.0790. The van der Waals surface area contributed by atoms with Gasteiger partial charge in [0.25, 0.3) is 10.0 Å². The second-order valence-electron chi connectivity index (χ2n) is 4.90. The van der Waals surface area contributed by atoms with Crippen molar-refractivity contribution in [2.45, 2.75) is 32.6 Å². The van der Waals surface area contributed by atoms with Gasteiger partial charge in [-0.15, -0.1) is 0 Å². The van der Waals surface area contributed by atoms with Gasteiger partial charge < -0.3 is 9.26 Å². The molecular weight excluding hydrogens is 292 g/mol. The molecule has 1 aromatic carbocycles. The van der Waals surface area contributed by atoms with E-state index in [4.69, 9.17) is 9.26 Å². The minimum Gasteiger partial charge on any atom is -0.496 e. The molecule has 6 nitrogen and oxygen atoms in total. The molecule has 0 saturated heterocycles. The van der Waals surface area contributed by atoms with Crippen LogP contribution in [-0.2, 0) is 10.0 Å². The maximum atomic E-state index is 12.5. The number of rotatable bonds is 4. The molecule has 0 saturated carbocycles. The Morgan fingerprint density at radius 2 is 1.81 bits per heavy atom. The Kier molecular flexibility index (Phi) is 3.95. The topological polar surface area (TPSA) is 81.4 Å². The summed E-state index contributed by atoms with van der Waals surface area (Å²) in [5, 5.41) is 3.68. The number of nitrogens with one attached hydrogen (secondary N) is 1. The quantitative estimate of drug-likeness (QED) is 0.939. The van der Waals surface area contributed by atoms with Crippen LogP contribution in [0.4, 0.5) is 5.69 Å². The van der Waals surface area contributed by atoms with E-state index in [2.05, 4.69) is 9.88 Å². The van der Waals surface area contributed by atoms with E-state index >= 15 is 0 Å². The smallest absolute Gasteiger partial charge is 0.267 e. The van der Waals surface area contributed by atoms with Gasteiger partial charge in [0.15, 0.2) is 10.7 Å². The van der Waals surface area contributed by atoms with E-state index in [1.54, 1.807) is 33.1 Å². The minimum atomic E-state index is -3.74. The molecule has 0 aliphatic carbocycles. The molecular formula is C14H18N2O4S. The molecule has 1 heterocycles. The monoisotopic (exact) mass is 310 g/mol. The standard InChI is InChI=1S/C14H18N2O4S/c1-8-7-13(19-5)9(2)6-12(8)16-21(17,18)14-10(3)15-20-11(14)4/h6-7,16H,1-5H3. The van der Waals surface area contributed by atoms with Crippen molar-refractivity contribution in [3.63, 3.8) is 0 Å². The molecule has 0 atom stereocenters. The number of aryl methyl sites for hydroxylation is 4. The Bertz CT molecular complexity index is 759. The molecule has 0 bridgehead atoms. The molecule has 0 aliphatic rings. The maximum Gasteiger partial charge on any atom is 0.267 e. The fourth-order valence-electron chi connectivity index (χ4n) is 2.17. The highest BCUT2D eigenvalue weighted by Gasteiger charge is 2.25. The van der Waals surface area contributed by atoms with Crippen LogP contribution in [0.3, 0.4) is 0 Å². The lowest BCUT2D eigenvalue weighted by molar-refractivity contribution is 0.390. The lowest BCUT2D eigenvalue weighted by atomic mass is 10.1. The van der Waals surface area contributed by atoms with Gasteiger partial charge in [-0.2, -0.15) is 0 Å². The summed E-state index contributed by atoms with van der Waals surface area (Å²) in [6, 6.07) is 3.53. The van der Waals surface area contributed by atoms with Crippen LogP contribution < -0.4 is 9.46 Å². The SMILES string of the molecule is COc1cc(C)c(NS(=O)(=O)c2c(C)noc2C)cc1C. The van der Waals surface area contributed by atoms with E-state index in [1.807, 2.05) is 13.8 Å². The highest BCUT2D eigenvalue weighted by molar-refractivity contribution is 7.92. The Labute approximate surface area is 124 Å². The lowest BCUT2D eigenvalue weighted by Gasteiger charge is -2.13. The van der Waals surface area contributed by atoms with E-state index < -0.39 is 10.0 Å². The van der Waals surface area contributed by atoms with Gasteiger partial charge in [-0.1, -0.05) is 5.16 Å². The molecule has 0 aliphatic heterocycles. The van der Waals surface area contributed by atoms with Gasteiger partial charge in [-0.05, 0) is 51.0 Å². The normalized spacial score (nSPS) is 11.5. The number of ether oxygens (including phenoxy) is 1. The van der Waals surface area contributed by atoms with E-state index in [0.717, 1.165) is 11.1 Å². The summed E-state index contributed by atoms with van der Waals surface area (Å²) in [7, 11) is -2.16. The summed E-state index contributed by atoms with van der Waals surface area (Å²) >= 11 is 0. The van der Waals surface area contributed by atoms with Crippen molar-refractivity contribution in [3.05, 3.63) is 34.7 Å². The summed E-state index contributed by atoms with van der Waals surface area (Å²) < 4.78 is 37.7. The fourth-order valence-corrected chi connectivity index (χ4v) is 3.63. The van der Waals surface area contributed by atoms with Gasteiger partial charge in [0, 0.05) is 0 Å². The molecule has 21 heavy (non-hydrogen) atoms. The Morgan fingerprint density at radius 1 is 1.14 bits per heavy atom. The van der Waals surface area contributed by atoms with Crippen molar-refractivity contribution < 1.29 is 17.7 Å². The van der Waals surface area contributed by atoms with Crippen molar-refractivity contribution >= 4 is 15.7 Å². The molecule has 2 aromatic rings. The molecule has 2 rings (SSSR count). The third-order valence-corrected chi connectivity index (χ3v) is 4.83. The van der Waals surface area contributed by atoms with Gasteiger partial charge >= 0.3 is 0 Å². The Balaban J connectivity index is 2.45. The number of hydrogen-bond donors (Lipinski definition) is 1. The first-order chi connectivity index (χ1) is 9.76. The summed E-state index contributed by atoms with van der Waals surface area (Å²) in [5.74, 6) is 0.982. The van der Waals surface area contributed by atoms with Crippen molar-refractivity contribution in [1.29, 1.82) is 0 Å². The molecule has 114 valence electrons. The lowest BCUT2D eigenvalue weighted by Crippen LogP contribution is -2.15. The van der Waals surface area contributed by atoms with Gasteiger partial charge in [-0.3, -0.25) is 4.72 Å². The predicted octanol–water partition coefficient (Wildman–Crippen LogP) is 2.72. The fraction of sp³-hybridized carbons (Fsp3) is 0.357. The highest BCUT2D eigenvalue weighted by atomic mass is 32.2. The zero-order valence-electron chi connectivity index (χ0n) is 12.6. The van der Waals surface area contributed by atoms with Crippen molar-refractivity contribution in [2.24, 2.45) is 0 Å². The van der Waals surface area contributed by atoms with Gasteiger partial charge in [0.05, 0.1) is 12.8 Å². The van der Waals surface area contributed by atoms with Crippen molar-refractivity contribution in [3.8, 4) is 5.75 Å². The summed E-state index contributed by atoms with van der Waals surface area (Å²) in [5.41, 5.74) is 2.46. The van der Waals surface area contributed by atoms with E-state index in [0.29, 0.717) is 17.1 Å². The molecule has 0 radical (unpaired) electrons. The second-order valence-corrected chi connectivity index (χ2v) is 6.51. The van der Waals surface area contributed by atoms with Crippen molar-refractivity contribution in [2.75, 3.05) is 11.8 Å². The molecule has 0 fully saturated rings. The number of nitrogens with zero attached hydrogens (tertiary/aromatic N) is 1. The van der Waals surface area contributed by atoms with Crippen LogP contribution in [0.5, 0.6) is 5.75 Å². The summed E-state index contributed by atoms with van der Waals surface area (Å²) in [4.78, 5) is 0.0790. The maximum absolute atomic E-state index is 12.5. The van der Waals surface area contributed by atoms with Crippen LogP contribution in [0.2, 0.25) is 0 Å². The van der Waals surface area contributed by atoms with Crippen LogP contribution in [0.1, 0.15) is 22.6 Å². The number of methoxy groups -OCH3 is 1. The number of benzene rings is 1. The zero-order valence-corrected chi connectivity index (χ0v) is 13.5. The number of aromatic nitrogens is 1. The van der Waals surface area contributed by atoms with E-state index in [-0.39, 0.29) is 10.7 Å². The average molecular weight is 310 g/mol. The van der Waals surface area contributed by atoms with Crippen LogP contribution in [0.25, 0.3) is 0 Å². The van der Waals surface area contributed by atoms with Crippen molar-refractivity contribution in [1.82, 2.24) is 5.16 Å². The molecule has 0 amide bonds. The molecule has 7 heteroatoms. The Hall–Kier alpha value is -2.02. The van der Waals surface area contributed by atoms with Gasteiger partial charge in [0.1, 0.15) is 11.4 Å². The third-order valence-electron chi connectivity index (χ3n) is 3.22. The summed E-state index contributed by atoms with van der Waals surface area (Å²) in [6.07, 6.45) is 0. The van der Waals surface area contributed by atoms with Crippen LogP contribution in [-0.4, -0.2) is 20.7 Å². The molecule has 1 N–H and O–H groups in total. The van der Waals surface area contributed by atoms with Crippen LogP contribution in [0, 0.1) is 27.7 Å². The zero-order chi connectivity index (χ0) is 15.8. The summed E-state index contributed by atoms with van der Waals surface area (Å²) in [6.45, 7) is 6.83. The molecule has 0 unspecified atom stereocenters. The van der Waals surface area contributed by atoms with Gasteiger partial charge in [-0.25, -0.2) is 8.42 Å². The Morgan fingerprint density at radius 3 is 2.33 bits per heavy atom. The van der Waals surface area contributed by atoms with E-state index in [9.17, 15) is 8.42 Å². The van der Waals surface area contributed by atoms with E-state index in [1.165, 1.54) is 0 Å². The number of anilines is 1. The third kappa shape index (κ3) is 2.87. The average Bonchev–Trinajstić information content (AvgIpc) is 2.73. The molecule has 1 aromatic heterocycles. The number of hydrogen-bond acceptors (Lipinski definition) is 5. The van der Waals surface area contributed by atoms with Gasteiger partial charge in [0.2, 0.25) is 0 Å². The number of sulfonamides is 1. The first-order valence-electron chi connectivity index (χ1n) is 6.37. The molecule has 0 spiro atoms. The predicted molar refractivity (Wildman–Crippen MR) is 79.3 cm³/mol. The first-order valence-corrected chi connectivity index (χ1v) is 7.85. The van der Waals surface area contributed by atoms with Crippen LogP contribution in [0.15, 0.2) is 21.6 Å². The largest absolute Gasteiger partial charge is 0.496 e. The first kappa shape index (κ1) is 15.4. The highest BCUT2D eigenvalue weighted by Crippen LogP contribution is 2.29. The second kappa shape index (κ2) is 5.40. The van der Waals surface area contributed by atoms with Crippen LogP contribution >= 0.6 is 0 Å².